The summed E-state index contributed by atoms with van der Waals surface area (Å²) in [6.07, 6.45) is 0. The van der Waals surface area contributed by atoms with E-state index >= 15 is 0 Å². The smallest absolute Gasteiger partial charge is 0.323 e. The van der Waals surface area contributed by atoms with Crippen molar-refractivity contribution >= 4 is 44.6 Å². The zero-order valence-corrected chi connectivity index (χ0v) is 23.2. The number of thiazole rings is 1. The van der Waals surface area contributed by atoms with Crippen LogP contribution in [0.3, 0.4) is 0 Å². The molecule has 2 aromatic heterocycles. The Labute approximate surface area is 232 Å². The fourth-order valence-corrected chi connectivity index (χ4v) is 5.71. The fraction of sp³-hybridized carbons (Fsp3) is 0.296. The number of likely N-dealkylation sites (N-methyl/N-ethyl adjacent to an activating group) is 1. The van der Waals surface area contributed by atoms with E-state index in [0.29, 0.717) is 39.7 Å². The van der Waals surface area contributed by atoms with Crippen molar-refractivity contribution in [2.75, 3.05) is 40.8 Å². The number of rotatable bonds is 12. The van der Waals surface area contributed by atoms with Crippen LogP contribution in [0.5, 0.6) is 5.75 Å². The van der Waals surface area contributed by atoms with Crippen LogP contribution < -0.4 is 4.74 Å². The highest BCUT2D eigenvalue weighted by atomic mass is 32.1. The molecule has 0 atom stereocenters. The van der Waals surface area contributed by atoms with Crippen LogP contribution in [0.15, 0.2) is 41.8 Å². The number of fused-ring (bicyclic) bond motifs is 1. The van der Waals surface area contributed by atoms with Crippen LogP contribution >= 0.6 is 22.7 Å². The summed E-state index contributed by atoms with van der Waals surface area (Å²) in [7, 11) is 5.23. The summed E-state index contributed by atoms with van der Waals surface area (Å²) >= 11 is 2.60. The summed E-state index contributed by atoms with van der Waals surface area (Å²) in [6.45, 7) is 0.786. The van der Waals surface area contributed by atoms with E-state index in [-0.39, 0.29) is 24.2 Å². The van der Waals surface area contributed by atoms with E-state index < -0.39 is 30.1 Å². The minimum absolute atomic E-state index is 0.106. The van der Waals surface area contributed by atoms with E-state index in [9.17, 15) is 18.4 Å². The lowest BCUT2D eigenvalue weighted by atomic mass is 10.0. The Morgan fingerprint density at radius 2 is 1.82 bits per heavy atom. The molecule has 4 rings (SSSR count). The van der Waals surface area contributed by atoms with E-state index in [1.165, 1.54) is 33.6 Å². The van der Waals surface area contributed by atoms with Gasteiger partial charge in [0.05, 0.1) is 6.61 Å². The van der Waals surface area contributed by atoms with Gasteiger partial charge in [0.25, 0.3) is 5.91 Å². The van der Waals surface area contributed by atoms with Gasteiger partial charge in [-0.15, -0.1) is 22.7 Å². The van der Waals surface area contributed by atoms with E-state index in [2.05, 4.69) is 4.98 Å². The molecule has 0 aliphatic heterocycles. The number of hydrogen-bond acceptors (Lipinski definition) is 8. The maximum Gasteiger partial charge on any atom is 0.323 e. The molecular weight excluding hydrogens is 548 g/mol. The summed E-state index contributed by atoms with van der Waals surface area (Å²) in [5.41, 5.74) is 1.45. The maximum atomic E-state index is 14.4. The minimum atomic E-state index is -1.09. The Morgan fingerprint density at radius 1 is 1.08 bits per heavy atom. The van der Waals surface area contributed by atoms with Crippen LogP contribution in [0.25, 0.3) is 21.2 Å². The number of aromatic nitrogens is 1. The van der Waals surface area contributed by atoms with E-state index in [1.807, 2.05) is 19.0 Å². The second kappa shape index (κ2) is 12.6. The molecule has 206 valence electrons. The van der Waals surface area contributed by atoms with Crippen LogP contribution in [-0.4, -0.2) is 72.6 Å². The molecule has 4 aromatic rings. The van der Waals surface area contributed by atoms with Gasteiger partial charge in [0.1, 0.15) is 29.6 Å². The zero-order valence-electron chi connectivity index (χ0n) is 21.6. The molecule has 8 nitrogen and oxygen atoms in total. The second-order valence-electron chi connectivity index (χ2n) is 8.97. The van der Waals surface area contributed by atoms with Crippen LogP contribution in [0.2, 0.25) is 0 Å². The molecule has 0 saturated carbocycles. The van der Waals surface area contributed by atoms with Gasteiger partial charge in [-0.3, -0.25) is 9.59 Å². The van der Waals surface area contributed by atoms with Gasteiger partial charge < -0.3 is 24.4 Å². The van der Waals surface area contributed by atoms with Gasteiger partial charge in [-0.05, 0) is 43.9 Å². The lowest BCUT2D eigenvalue weighted by Gasteiger charge is -2.21. The first kappa shape index (κ1) is 28.6. The molecule has 12 heteroatoms. The number of carbonyl (C=O) groups excluding carboxylic acids is 1. The molecule has 2 aromatic carbocycles. The number of carboxylic acids is 1. The number of nitrogens with zero attached hydrogens (tertiary/aromatic N) is 3. The Hall–Kier alpha value is -3.45. The highest BCUT2D eigenvalue weighted by molar-refractivity contribution is 7.19. The molecule has 1 N–H and O–H groups in total. The van der Waals surface area contributed by atoms with E-state index in [4.69, 9.17) is 14.6 Å². The molecule has 0 bridgehead atoms. The van der Waals surface area contributed by atoms with E-state index in [0.717, 1.165) is 4.88 Å². The third-order valence-electron chi connectivity index (χ3n) is 5.76. The van der Waals surface area contributed by atoms with Crippen molar-refractivity contribution < 1.29 is 33.0 Å². The Kier molecular flexibility index (Phi) is 9.23. The average molecular weight is 576 g/mol. The highest BCUT2D eigenvalue weighted by Crippen LogP contribution is 2.38. The number of carboxylic acid groups (broad SMARTS) is 1. The first-order valence-electron chi connectivity index (χ1n) is 11.9. The molecule has 2 heterocycles. The zero-order chi connectivity index (χ0) is 28.1. The average Bonchev–Trinajstić information content (AvgIpc) is 3.55. The van der Waals surface area contributed by atoms with Crippen molar-refractivity contribution in [2.45, 2.75) is 13.2 Å². The highest BCUT2D eigenvalue weighted by Gasteiger charge is 2.21. The van der Waals surface area contributed by atoms with Gasteiger partial charge in [0.15, 0.2) is 11.6 Å². The molecule has 0 aliphatic carbocycles. The molecule has 0 radical (unpaired) electrons. The molecule has 1 amide bonds. The van der Waals surface area contributed by atoms with Crippen molar-refractivity contribution in [1.29, 1.82) is 0 Å². The summed E-state index contributed by atoms with van der Waals surface area (Å²) in [4.78, 5) is 32.3. The summed E-state index contributed by atoms with van der Waals surface area (Å²) < 4.78 is 40.3. The first-order valence-corrected chi connectivity index (χ1v) is 13.6. The monoisotopic (exact) mass is 575 g/mol. The van der Waals surface area contributed by atoms with Crippen LogP contribution in [0.1, 0.15) is 20.4 Å². The second-order valence-corrected chi connectivity index (χ2v) is 11.1. The predicted octanol–water partition coefficient (Wildman–Crippen LogP) is 5.12. The van der Waals surface area contributed by atoms with Crippen molar-refractivity contribution in [1.82, 2.24) is 14.8 Å². The van der Waals surface area contributed by atoms with Gasteiger partial charge in [-0.25, -0.2) is 13.8 Å². The van der Waals surface area contributed by atoms with Crippen molar-refractivity contribution in [2.24, 2.45) is 0 Å². The number of hydrogen-bond donors (Lipinski definition) is 1. The third-order valence-corrected chi connectivity index (χ3v) is 7.72. The number of halogens is 2. The van der Waals surface area contributed by atoms with Gasteiger partial charge in [0.2, 0.25) is 0 Å². The van der Waals surface area contributed by atoms with E-state index in [1.54, 1.807) is 42.8 Å². The number of carbonyl (C=O) groups is 2. The standard InChI is InChI=1S/C27H27F2N3O5S2/c1-31(2)8-9-32(12-24(33)34)27(35)22-15-38-23(30-22)14-37-17-6-4-16(5-7-17)19-11-21(28)25(29)20-10-18(13-36-3)39-26(19)20/h4-7,10-11,15H,8-9,12-14H2,1-3H3,(H,33,34). The van der Waals surface area contributed by atoms with Crippen molar-refractivity contribution in [3.05, 3.63) is 69.0 Å². The molecule has 0 spiro atoms. The lowest BCUT2D eigenvalue weighted by molar-refractivity contribution is -0.137. The van der Waals surface area contributed by atoms with Crippen LogP contribution in [0, 0.1) is 11.6 Å². The Morgan fingerprint density at radius 3 is 2.49 bits per heavy atom. The quantitative estimate of drug-likeness (QED) is 0.251. The summed E-state index contributed by atoms with van der Waals surface area (Å²) in [5.74, 6) is -2.81. The topological polar surface area (TPSA) is 92.2 Å². The van der Waals surface area contributed by atoms with Crippen molar-refractivity contribution in [3.63, 3.8) is 0 Å². The molecule has 0 saturated heterocycles. The maximum absolute atomic E-state index is 14.4. The van der Waals surface area contributed by atoms with Crippen LogP contribution in [-0.2, 0) is 22.7 Å². The minimum Gasteiger partial charge on any atom is -0.486 e. The van der Waals surface area contributed by atoms with Gasteiger partial charge in [-0.1, -0.05) is 12.1 Å². The van der Waals surface area contributed by atoms with Crippen LogP contribution in [0.4, 0.5) is 8.78 Å². The number of amides is 1. The Balaban J connectivity index is 1.45. The number of thiophene rings is 1. The fourth-order valence-electron chi connectivity index (χ4n) is 3.87. The molecule has 0 unspecified atom stereocenters. The van der Waals surface area contributed by atoms with Crippen molar-refractivity contribution in [3.8, 4) is 16.9 Å². The number of methoxy groups -OCH3 is 1. The van der Waals surface area contributed by atoms with Gasteiger partial charge >= 0.3 is 5.97 Å². The SMILES string of the molecule is COCc1cc2c(F)c(F)cc(-c3ccc(OCc4nc(C(=O)N(CCN(C)C)CC(=O)O)cs4)cc3)c2s1. The Bertz CT molecular complexity index is 1470. The first-order chi connectivity index (χ1) is 18.7. The number of ether oxygens (including phenoxy) is 2. The number of benzene rings is 2. The largest absolute Gasteiger partial charge is 0.486 e. The van der Waals surface area contributed by atoms with Gasteiger partial charge in [0, 0.05) is 46.1 Å². The summed E-state index contributed by atoms with van der Waals surface area (Å²) in [6, 6.07) is 9.79. The molecule has 0 fully saturated rings. The normalized spacial score (nSPS) is 11.3. The third kappa shape index (κ3) is 6.95. The number of aliphatic carboxylic acids is 1. The lowest BCUT2D eigenvalue weighted by Crippen LogP contribution is -2.40. The molecular formula is C27H27F2N3O5S2. The molecule has 0 aliphatic rings. The molecule has 39 heavy (non-hydrogen) atoms. The van der Waals surface area contributed by atoms with Gasteiger partial charge in [-0.2, -0.15) is 0 Å². The predicted molar refractivity (Wildman–Crippen MR) is 146 cm³/mol. The summed E-state index contributed by atoms with van der Waals surface area (Å²) in [5, 5.41) is 11.5.